The Morgan fingerprint density at radius 1 is 1.26 bits per heavy atom. The molecule has 1 aromatic carbocycles. The Bertz CT molecular complexity index is 616. The highest BCUT2D eigenvalue weighted by atomic mass is 16.5. The third-order valence-corrected chi connectivity index (χ3v) is 2.75. The number of nitrogens with two attached hydrogens (primary N) is 1. The average molecular weight is 261 g/mol. The van der Waals surface area contributed by atoms with Gasteiger partial charge in [0.25, 0.3) is 0 Å². The van der Waals surface area contributed by atoms with Crippen LogP contribution in [0.3, 0.4) is 0 Å². The highest BCUT2D eigenvalue weighted by Gasteiger charge is 2.19. The molecular formula is C14H15NO4. The van der Waals surface area contributed by atoms with Gasteiger partial charge in [-0.05, 0) is 19.1 Å². The zero-order valence-corrected chi connectivity index (χ0v) is 11.0. The molecule has 0 spiro atoms. The molecule has 0 aliphatic rings. The minimum absolute atomic E-state index is 0.000981. The van der Waals surface area contributed by atoms with Gasteiger partial charge in [0.05, 0.1) is 25.5 Å². The first kappa shape index (κ1) is 13.0. The lowest BCUT2D eigenvalue weighted by Crippen LogP contribution is -2.02. The summed E-state index contributed by atoms with van der Waals surface area (Å²) in [6.07, 6.45) is 0. The van der Waals surface area contributed by atoms with Crippen LogP contribution in [0.15, 0.2) is 28.7 Å². The maximum absolute atomic E-state index is 11.5. The summed E-state index contributed by atoms with van der Waals surface area (Å²) in [5.74, 6) is 0.519. The normalized spacial score (nSPS) is 10.3. The van der Waals surface area contributed by atoms with Gasteiger partial charge in [-0.15, -0.1) is 0 Å². The molecule has 19 heavy (non-hydrogen) atoms. The van der Waals surface area contributed by atoms with E-state index < -0.39 is 5.97 Å². The van der Waals surface area contributed by atoms with Gasteiger partial charge < -0.3 is 19.6 Å². The van der Waals surface area contributed by atoms with E-state index >= 15 is 0 Å². The summed E-state index contributed by atoms with van der Waals surface area (Å²) in [4.78, 5) is 11.5. The number of aryl methyl sites for hydroxylation is 1. The monoisotopic (exact) mass is 261 g/mol. The first-order valence-electron chi connectivity index (χ1n) is 5.69. The predicted molar refractivity (Wildman–Crippen MR) is 71.2 cm³/mol. The smallest absolute Gasteiger partial charge is 0.376 e. The van der Waals surface area contributed by atoms with Crippen LogP contribution in [-0.4, -0.2) is 20.2 Å². The van der Waals surface area contributed by atoms with E-state index in [2.05, 4.69) is 4.74 Å². The van der Waals surface area contributed by atoms with Gasteiger partial charge in [0.2, 0.25) is 5.76 Å². The Morgan fingerprint density at radius 3 is 2.63 bits per heavy atom. The molecule has 1 heterocycles. The number of methoxy groups -OCH3 is 2. The highest BCUT2D eigenvalue weighted by Crippen LogP contribution is 2.34. The minimum atomic E-state index is -0.602. The molecule has 2 N–H and O–H groups in total. The Morgan fingerprint density at radius 2 is 2.00 bits per heavy atom. The molecule has 0 bridgehead atoms. The molecule has 0 fully saturated rings. The number of carbonyl (C=O) groups is 1. The van der Waals surface area contributed by atoms with Crippen molar-refractivity contribution in [1.82, 2.24) is 0 Å². The van der Waals surface area contributed by atoms with Crippen molar-refractivity contribution in [3.05, 3.63) is 35.6 Å². The van der Waals surface area contributed by atoms with Crippen LogP contribution in [0.1, 0.15) is 16.1 Å². The number of furan rings is 1. The van der Waals surface area contributed by atoms with E-state index in [9.17, 15) is 4.79 Å². The average Bonchev–Trinajstić information content (AvgIpc) is 2.79. The molecule has 0 radical (unpaired) electrons. The Kier molecular flexibility index (Phi) is 3.46. The van der Waals surface area contributed by atoms with E-state index in [1.54, 1.807) is 13.2 Å². The topological polar surface area (TPSA) is 74.7 Å². The summed E-state index contributed by atoms with van der Waals surface area (Å²) in [6.45, 7) is 1.95. The van der Waals surface area contributed by atoms with E-state index in [-0.39, 0.29) is 11.4 Å². The molecule has 1 aromatic heterocycles. The number of rotatable bonds is 3. The van der Waals surface area contributed by atoms with Gasteiger partial charge >= 0.3 is 5.97 Å². The predicted octanol–water partition coefficient (Wildman–Crippen LogP) is 2.63. The van der Waals surface area contributed by atoms with Gasteiger partial charge in [-0.3, -0.25) is 0 Å². The fraction of sp³-hybridized carbons (Fsp3) is 0.214. The van der Waals surface area contributed by atoms with E-state index in [1.165, 1.54) is 7.11 Å². The van der Waals surface area contributed by atoms with Gasteiger partial charge in [-0.2, -0.15) is 0 Å². The molecule has 0 saturated carbocycles. The second-order valence-corrected chi connectivity index (χ2v) is 4.09. The maximum Gasteiger partial charge on any atom is 0.376 e. The van der Waals surface area contributed by atoms with Crippen molar-refractivity contribution >= 4 is 11.7 Å². The summed E-state index contributed by atoms with van der Waals surface area (Å²) in [7, 11) is 2.85. The van der Waals surface area contributed by atoms with Crippen LogP contribution in [0.2, 0.25) is 0 Å². The van der Waals surface area contributed by atoms with Crippen LogP contribution in [0.25, 0.3) is 11.3 Å². The molecule has 2 aromatic rings. The first-order chi connectivity index (χ1) is 9.06. The summed E-state index contributed by atoms with van der Waals surface area (Å²) >= 11 is 0. The third kappa shape index (κ3) is 2.40. The molecule has 5 nitrogen and oxygen atoms in total. The second-order valence-electron chi connectivity index (χ2n) is 4.09. The number of ether oxygens (including phenoxy) is 2. The van der Waals surface area contributed by atoms with E-state index in [1.807, 2.05) is 25.1 Å². The largest absolute Gasteiger partial charge is 0.496 e. The van der Waals surface area contributed by atoms with Gasteiger partial charge in [0, 0.05) is 6.07 Å². The van der Waals surface area contributed by atoms with E-state index in [4.69, 9.17) is 14.9 Å². The van der Waals surface area contributed by atoms with Crippen molar-refractivity contribution in [2.45, 2.75) is 6.92 Å². The third-order valence-electron chi connectivity index (χ3n) is 2.75. The number of carbonyl (C=O) groups excluding carboxylic acids is 1. The van der Waals surface area contributed by atoms with Crippen molar-refractivity contribution in [3.8, 4) is 17.1 Å². The zero-order valence-electron chi connectivity index (χ0n) is 11.0. The summed E-state index contributed by atoms with van der Waals surface area (Å²) in [5.41, 5.74) is 7.78. The molecule has 100 valence electrons. The van der Waals surface area contributed by atoms with Crippen molar-refractivity contribution in [3.63, 3.8) is 0 Å². The quantitative estimate of drug-likeness (QED) is 0.859. The molecule has 2 rings (SSSR count). The maximum atomic E-state index is 11.5. The molecule has 0 aliphatic carbocycles. The fourth-order valence-electron chi connectivity index (χ4n) is 1.80. The summed E-state index contributed by atoms with van der Waals surface area (Å²) in [6, 6.07) is 7.25. The number of nitrogen functional groups attached to an aromatic ring is 1. The molecule has 5 heteroatoms. The van der Waals surface area contributed by atoms with Crippen LogP contribution in [0, 0.1) is 6.92 Å². The lowest BCUT2D eigenvalue weighted by molar-refractivity contribution is 0.0567. The Balaban J connectivity index is 2.53. The number of anilines is 1. The first-order valence-corrected chi connectivity index (χ1v) is 5.69. The SMILES string of the molecule is COC(=O)c1oc(-c2cc(C)ccc2OC)cc1N. The summed E-state index contributed by atoms with van der Waals surface area (Å²) < 4.78 is 15.3. The van der Waals surface area contributed by atoms with Crippen molar-refractivity contribution < 1.29 is 18.7 Å². The number of hydrogen-bond donors (Lipinski definition) is 1. The molecule has 0 unspecified atom stereocenters. The number of esters is 1. The van der Waals surface area contributed by atoms with Gasteiger partial charge in [0.1, 0.15) is 11.5 Å². The van der Waals surface area contributed by atoms with Crippen molar-refractivity contribution in [2.75, 3.05) is 20.0 Å². The molecule has 0 amide bonds. The number of hydrogen-bond acceptors (Lipinski definition) is 5. The Hall–Kier alpha value is -2.43. The molecule has 0 aliphatic heterocycles. The molecular weight excluding hydrogens is 246 g/mol. The fourth-order valence-corrected chi connectivity index (χ4v) is 1.80. The van der Waals surface area contributed by atoms with Crippen molar-refractivity contribution in [2.24, 2.45) is 0 Å². The van der Waals surface area contributed by atoms with Crippen LogP contribution in [0.5, 0.6) is 5.75 Å². The minimum Gasteiger partial charge on any atom is -0.496 e. The van der Waals surface area contributed by atoms with Crippen LogP contribution >= 0.6 is 0 Å². The zero-order chi connectivity index (χ0) is 14.0. The van der Waals surface area contributed by atoms with Crippen LogP contribution in [0.4, 0.5) is 5.69 Å². The highest BCUT2D eigenvalue weighted by molar-refractivity contribution is 5.93. The second kappa shape index (κ2) is 5.06. The van der Waals surface area contributed by atoms with Crippen molar-refractivity contribution in [1.29, 1.82) is 0 Å². The summed E-state index contributed by atoms with van der Waals surface area (Å²) in [5, 5.41) is 0. The van der Waals surface area contributed by atoms with Crippen LogP contribution < -0.4 is 10.5 Å². The standard InChI is InChI=1S/C14H15NO4/c1-8-4-5-11(17-2)9(6-8)12-7-10(15)13(19-12)14(16)18-3/h4-7H,15H2,1-3H3. The van der Waals surface area contributed by atoms with Gasteiger partial charge in [-0.25, -0.2) is 4.79 Å². The molecule has 0 saturated heterocycles. The van der Waals surface area contributed by atoms with E-state index in [0.29, 0.717) is 11.5 Å². The lowest BCUT2D eigenvalue weighted by atomic mass is 10.1. The molecule has 0 atom stereocenters. The van der Waals surface area contributed by atoms with E-state index in [0.717, 1.165) is 11.1 Å². The van der Waals surface area contributed by atoms with Gasteiger partial charge in [0.15, 0.2) is 0 Å². The number of benzene rings is 1. The lowest BCUT2D eigenvalue weighted by Gasteiger charge is -2.06. The van der Waals surface area contributed by atoms with Crippen LogP contribution in [-0.2, 0) is 4.74 Å². The Labute approximate surface area is 110 Å². The van der Waals surface area contributed by atoms with Gasteiger partial charge in [-0.1, -0.05) is 11.6 Å².